The van der Waals surface area contributed by atoms with E-state index in [1.165, 1.54) is 0 Å². The second-order valence-corrected chi connectivity index (χ2v) is 17.0. The molecule has 0 spiro atoms. The Morgan fingerprint density at radius 1 is 0.472 bits per heavy atom. The number of halogens is 1. The van der Waals surface area contributed by atoms with Crippen molar-refractivity contribution in [2.24, 2.45) is 0 Å². The Morgan fingerprint density at radius 3 is 1.32 bits per heavy atom. The molecule has 6 N–H and O–H groups in total. The normalized spacial score (nSPS) is 10.9. The second-order valence-electron chi connectivity index (χ2n) is 16.2. The van der Waals surface area contributed by atoms with Gasteiger partial charge in [-0.3, -0.25) is 15.0 Å². The van der Waals surface area contributed by atoms with Crippen molar-refractivity contribution in [1.29, 1.82) is 5.26 Å². The average Bonchev–Trinajstić information content (AvgIpc) is 4.17. The van der Waals surface area contributed by atoms with E-state index in [1.807, 2.05) is 148 Å². The number of fused-ring (bicyclic) bond motifs is 3. The number of aromatic nitrogens is 15. The topological polar surface area (TPSA) is 271 Å². The number of pyridine rings is 3. The van der Waals surface area contributed by atoms with E-state index in [2.05, 4.69) is 76.1 Å². The zero-order valence-corrected chi connectivity index (χ0v) is 40.3. The molecule has 0 aliphatic heterocycles. The number of benzene rings is 3. The van der Waals surface area contributed by atoms with Crippen molar-refractivity contribution in [2.45, 2.75) is 20.8 Å². The SMILES string of the molecule is Cc1ccn(-c2nc(N)c(Br)nc2-c2ccc3ncccc3c2)n1.Cc1ccn(-c2nc(N)c(C#N)nc2-c2ccc3ncccc3c2)n1.Cc1ccn(-c2nc(N)cnc2-c2ccc3ncccc3c2)n1. The minimum atomic E-state index is 0.0804. The van der Waals surface area contributed by atoms with E-state index in [0.29, 0.717) is 45.1 Å². The van der Waals surface area contributed by atoms with Crippen LogP contribution in [0.1, 0.15) is 22.8 Å². The number of aryl methyl sites for hydroxylation is 3. The molecule has 3 aromatic carbocycles. The number of hydrogen-bond donors (Lipinski definition) is 3. The molecule has 0 unspecified atom stereocenters. The maximum atomic E-state index is 9.26. The molecule has 350 valence electrons. The first-order valence-corrected chi connectivity index (χ1v) is 22.9. The van der Waals surface area contributed by atoms with Gasteiger partial charge in [0.2, 0.25) is 0 Å². The minimum Gasteiger partial charge on any atom is -0.382 e. The Balaban J connectivity index is 0.000000124. The van der Waals surface area contributed by atoms with E-state index >= 15 is 0 Å². The molecule has 72 heavy (non-hydrogen) atoms. The van der Waals surface area contributed by atoms with Gasteiger partial charge in [0.25, 0.3) is 0 Å². The number of nitriles is 1. The lowest BCUT2D eigenvalue weighted by Crippen LogP contribution is -2.08. The fraction of sp³-hybridized carbons (Fsp3) is 0.0577. The number of nitrogens with zero attached hydrogens (tertiary/aromatic N) is 16. The Labute approximate surface area is 418 Å². The standard InChI is InChI=1S/C18H13N7.C17H13BrN6.C17H14N6/c1-11-6-8-25(24-11)18-16(22-15(10-19)17(20)23-18)13-4-5-14-12(9-13)3-2-7-21-14;1-10-6-8-24(23-10)17-14(21-15(18)16(19)22-17)12-4-5-13-11(9-12)3-2-7-20-13;1-11-6-8-23(22-11)17-16(20-10-15(18)21-17)13-4-5-14-12(9-13)3-2-7-19-14/h2-9H,1H3,(H2,20,23);2-9H,1H3,(H2,19,22);2-10H,1H3,(H2,18,21). The molecule has 0 radical (unpaired) electrons. The summed E-state index contributed by atoms with van der Waals surface area (Å²) in [5.74, 6) is 2.45. The Morgan fingerprint density at radius 2 is 0.889 bits per heavy atom. The third-order valence-electron chi connectivity index (χ3n) is 11.1. The van der Waals surface area contributed by atoms with Crippen molar-refractivity contribution < 1.29 is 0 Å². The monoisotopic (exact) mass is 1010 g/mol. The molecule has 20 heteroatoms. The third kappa shape index (κ3) is 9.58. The lowest BCUT2D eigenvalue weighted by atomic mass is 10.1. The fourth-order valence-electron chi connectivity index (χ4n) is 7.67. The van der Waals surface area contributed by atoms with Gasteiger partial charge in [-0.05, 0) is 109 Å². The van der Waals surface area contributed by atoms with Crippen LogP contribution in [-0.2, 0) is 0 Å². The third-order valence-corrected chi connectivity index (χ3v) is 11.7. The maximum absolute atomic E-state index is 9.26. The van der Waals surface area contributed by atoms with Crippen LogP contribution in [0.25, 0.3) is 83.9 Å². The smallest absolute Gasteiger partial charge is 0.183 e. The fourth-order valence-corrected chi connectivity index (χ4v) is 7.94. The van der Waals surface area contributed by atoms with Crippen molar-refractivity contribution in [2.75, 3.05) is 17.2 Å². The Kier molecular flexibility index (Phi) is 12.5. The Bertz CT molecular complexity index is 4020. The summed E-state index contributed by atoms with van der Waals surface area (Å²) in [5.41, 5.74) is 27.8. The first kappa shape index (κ1) is 45.9. The van der Waals surface area contributed by atoms with Crippen LogP contribution in [0.5, 0.6) is 0 Å². The summed E-state index contributed by atoms with van der Waals surface area (Å²) in [4.78, 5) is 39.7. The zero-order valence-electron chi connectivity index (χ0n) is 38.7. The molecule has 12 aromatic rings. The van der Waals surface area contributed by atoms with Gasteiger partial charge in [0.1, 0.15) is 33.6 Å². The molecule has 0 aliphatic rings. The van der Waals surface area contributed by atoms with Crippen molar-refractivity contribution in [3.8, 4) is 57.3 Å². The lowest BCUT2D eigenvalue weighted by molar-refractivity contribution is 0.827. The Hall–Kier alpha value is -9.87. The summed E-state index contributed by atoms with van der Waals surface area (Å²) >= 11 is 3.36. The molecule has 9 aromatic heterocycles. The van der Waals surface area contributed by atoms with Crippen LogP contribution in [0.3, 0.4) is 0 Å². The van der Waals surface area contributed by atoms with Crippen LogP contribution in [0.2, 0.25) is 0 Å². The van der Waals surface area contributed by atoms with Crippen molar-refractivity contribution in [3.05, 3.63) is 180 Å². The highest BCUT2D eigenvalue weighted by Crippen LogP contribution is 2.31. The van der Waals surface area contributed by atoms with Gasteiger partial charge in [-0.25, -0.2) is 43.9 Å². The number of nitrogens with two attached hydrogens (primary N) is 3. The first-order chi connectivity index (χ1) is 35.0. The van der Waals surface area contributed by atoms with Crippen LogP contribution >= 0.6 is 15.9 Å². The zero-order chi connectivity index (χ0) is 49.9. The second kappa shape index (κ2) is 19.6. The molecule has 19 nitrogen and oxygen atoms in total. The van der Waals surface area contributed by atoms with E-state index in [1.54, 1.807) is 45.0 Å². The van der Waals surface area contributed by atoms with Gasteiger partial charge in [0, 0.05) is 70.0 Å². The van der Waals surface area contributed by atoms with E-state index < -0.39 is 0 Å². The summed E-state index contributed by atoms with van der Waals surface area (Å²) in [7, 11) is 0. The largest absolute Gasteiger partial charge is 0.382 e. The number of anilines is 3. The highest BCUT2D eigenvalue weighted by Gasteiger charge is 2.19. The van der Waals surface area contributed by atoms with E-state index in [4.69, 9.17) is 17.2 Å². The van der Waals surface area contributed by atoms with Gasteiger partial charge in [-0.1, -0.05) is 36.4 Å². The van der Waals surface area contributed by atoms with Crippen LogP contribution in [-0.4, -0.2) is 74.2 Å². The van der Waals surface area contributed by atoms with Gasteiger partial charge in [0.15, 0.2) is 34.8 Å². The van der Waals surface area contributed by atoms with Crippen molar-refractivity contribution in [3.63, 3.8) is 0 Å². The molecular weight excluding hydrogens is 971 g/mol. The van der Waals surface area contributed by atoms with Gasteiger partial charge >= 0.3 is 0 Å². The van der Waals surface area contributed by atoms with E-state index in [0.717, 1.165) is 72.2 Å². The van der Waals surface area contributed by atoms with Crippen LogP contribution < -0.4 is 17.2 Å². The molecule has 0 aliphatic carbocycles. The molecule has 9 heterocycles. The van der Waals surface area contributed by atoms with Gasteiger partial charge in [-0.15, -0.1) is 0 Å². The van der Waals surface area contributed by atoms with Crippen molar-refractivity contribution >= 4 is 66.1 Å². The maximum Gasteiger partial charge on any atom is 0.183 e. The number of rotatable bonds is 6. The molecule has 0 saturated carbocycles. The van der Waals surface area contributed by atoms with Gasteiger partial charge in [-0.2, -0.15) is 20.6 Å². The summed E-state index contributed by atoms with van der Waals surface area (Å²) in [6.07, 6.45) is 12.3. The quantitative estimate of drug-likeness (QED) is 0.140. The molecule has 12 rings (SSSR count). The molecule has 0 bridgehead atoms. The summed E-state index contributed by atoms with van der Waals surface area (Å²) in [5, 5.41) is 25.6. The summed E-state index contributed by atoms with van der Waals surface area (Å²) in [6.45, 7) is 5.74. The highest BCUT2D eigenvalue weighted by molar-refractivity contribution is 9.10. The van der Waals surface area contributed by atoms with E-state index in [-0.39, 0.29) is 11.5 Å². The van der Waals surface area contributed by atoms with Crippen LogP contribution in [0.4, 0.5) is 17.5 Å². The average molecular weight is 1010 g/mol. The molecule has 0 amide bonds. The molecule has 0 fully saturated rings. The molecular formula is C52H40BrN19. The van der Waals surface area contributed by atoms with Crippen LogP contribution in [0, 0.1) is 32.1 Å². The molecule has 0 atom stereocenters. The minimum absolute atomic E-state index is 0.0804. The lowest BCUT2D eigenvalue weighted by Gasteiger charge is -2.11. The number of nitrogen functional groups attached to an aromatic ring is 3. The predicted molar refractivity (Wildman–Crippen MR) is 280 cm³/mol. The van der Waals surface area contributed by atoms with Gasteiger partial charge < -0.3 is 17.2 Å². The predicted octanol–water partition coefficient (Wildman–Crippen LogP) is 8.94. The summed E-state index contributed by atoms with van der Waals surface area (Å²) in [6, 6.07) is 37.1. The van der Waals surface area contributed by atoms with Crippen LogP contribution in [0.15, 0.2) is 157 Å². The number of hydrogen-bond acceptors (Lipinski definition) is 16. The van der Waals surface area contributed by atoms with E-state index in [9.17, 15) is 5.26 Å². The first-order valence-electron chi connectivity index (χ1n) is 22.1. The molecule has 0 saturated heterocycles. The highest BCUT2D eigenvalue weighted by atomic mass is 79.9. The summed E-state index contributed by atoms with van der Waals surface area (Å²) < 4.78 is 5.51. The van der Waals surface area contributed by atoms with Gasteiger partial charge in [0.05, 0.1) is 39.8 Å². The van der Waals surface area contributed by atoms with Crippen molar-refractivity contribution in [1.82, 2.24) is 74.2 Å².